The van der Waals surface area contributed by atoms with Crippen molar-refractivity contribution in [3.8, 4) is 17.3 Å². The lowest BCUT2D eigenvalue weighted by Gasteiger charge is -2.22. The molecule has 2 heterocycles. The van der Waals surface area contributed by atoms with Crippen LogP contribution in [-0.4, -0.2) is 23.1 Å². The van der Waals surface area contributed by atoms with Crippen molar-refractivity contribution in [1.29, 1.82) is 5.26 Å². The van der Waals surface area contributed by atoms with E-state index in [1.807, 2.05) is 12.1 Å². The summed E-state index contributed by atoms with van der Waals surface area (Å²) in [5.74, 6) is 0.393. The number of hydrogen-bond donors (Lipinski definition) is 1. The monoisotopic (exact) mass is 311 g/mol. The van der Waals surface area contributed by atoms with Gasteiger partial charge in [-0.2, -0.15) is 10.2 Å². The SMILES string of the molecule is N#Cc1ccc(-c2cc(N3CCCCCC3)nc(N)n2)cc1F. The van der Waals surface area contributed by atoms with Crippen molar-refractivity contribution in [3.63, 3.8) is 0 Å². The summed E-state index contributed by atoms with van der Waals surface area (Å²) in [4.78, 5) is 10.7. The first kappa shape index (κ1) is 15.2. The first-order chi connectivity index (χ1) is 11.2. The Balaban J connectivity index is 1.97. The summed E-state index contributed by atoms with van der Waals surface area (Å²) in [5.41, 5.74) is 7.02. The summed E-state index contributed by atoms with van der Waals surface area (Å²) in [7, 11) is 0. The highest BCUT2D eigenvalue weighted by atomic mass is 19.1. The van der Waals surface area contributed by atoms with Crippen molar-refractivity contribution >= 4 is 11.8 Å². The number of benzene rings is 1. The summed E-state index contributed by atoms with van der Waals surface area (Å²) in [6, 6.07) is 8.09. The molecule has 0 atom stereocenters. The lowest BCUT2D eigenvalue weighted by molar-refractivity contribution is 0.624. The van der Waals surface area contributed by atoms with E-state index in [1.54, 1.807) is 6.07 Å². The lowest BCUT2D eigenvalue weighted by Crippen LogP contribution is -2.25. The van der Waals surface area contributed by atoms with E-state index in [9.17, 15) is 4.39 Å². The number of aromatic nitrogens is 2. The molecular weight excluding hydrogens is 293 g/mol. The Morgan fingerprint density at radius 3 is 2.48 bits per heavy atom. The van der Waals surface area contributed by atoms with Gasteiger partial charge in [0.2, 0.25) is 5.95 Å². The van der Waals surface area contributed by atoms with Gasteiger partial charge in [-0.3, -0.25) is 0 Å². The molecule has 0 spiro atoms. The Morgan fingerprint density at radius 2 is 1.83 bits per heavy atom. The average molecular weight is 311 g/mol. The number of hydrogen-bond acceptors (Lipinski definition) is 5. The third-order valence-corrected chi connectivity index (χ3v) is 4.05. The number of rotatable bonds is 2. The fourth-order valence-electron chi connectivity index (χ4n) is 2.83. The number of nitrogens with zero attached hydrogens (tertiary/aromatic N) is 4. The molecule has 0 unspecified atom stereocenters. The second-order valence-electron chi connectivity index (χ2n) is 5.68. The van der Waals surface area contributed by atoms with E-state index >= 15 is 0 Å². The van der Waals surface area contributed by atoms with Gasteiger partial charge in [-0.1, -0.05) is 18.9 Å². The van der Waals surface area contributed by atoms with Gasteiger partial charge in [0.1, 0.15) is 17.7 Å². The molecule has 6 heteroatoms. The molecule has 1 aliphatic rings. The van der Waals surface area contributed by atoms with Crippen LogP contribution in [0.2, 0.25) is 0 Å². The van der Waals surface area contributed by atoms with Gasteiger partial charge in [-0.15, -0.1) is 0 Å². The van der Waals surface area contributed by atoms with Crippen LogP contribution in [0.25, 0.3) is 11.3 Å². The Morgan fingerprint density at radius 1 is 1.09 bits per heavy atom. The molecular formula is C17H18FN5. The van der Waals surface area contributed by atoms with Gasteiger partial charge in [-0.25, -0.2) is 9.37 Å². The van der Waals surface area contributed by atoms with Crippen LogP contribution < -0.4 is 10.6 Å². The Bertz CT molecular complexity index is 745. The van der Waals surface area contributed by atoms with Gasteiger partial charge >= 0.3 is 0 Å². The van der Waals surface area contributed by atoms with Gasteiger partial charge in [-0.05, 0) is 25.0 Å². The van der Waals surface area contributed by atoms with Gasteiger partial charge in [0.25, 0.3) is 0 Å². The predicted molar refractivity (Wildman–Crippen MR) is 87.2 cm³/mol. The van der Waals surface area contributed by atoms with Crippen molar-refractivity contribution < 1.29 is 4.39 Å². The molecule has 3 rings (SSSR count). The first-order valence-corrected chi connectivity index (χ1v) is 7.77. The van der Waals surface area contributed by atoms with Crippen molar-refractivity contribution in [2.45, 2.75) is 25.7 Å². The molecule has 2 N–H and O–H groups in total. The molecule has 0 radical (unpaired) electrons. The zero-order chi connectivity index (χ0) is 16.2. The van der Waals surface area contributed by atoms with Crippen LogP contribution in [0, 0.1) is 17.1 Å². The molecule has 0 saturated carbocycles. The van der Waals surface area contributed by atoms with E-state index in [0.29, 0.717) is 11.3 Å². The number of halogens is 1. The standard InChI is InChI=1S/C17H18FN5/c18-14-9-12(5-6-13(14)11-19)15-10-16(22-17(20)21-15)23-7-3-1-2-4-8-23/h5-6,9-10H,1-4,7-8H2,(H2,20,21,22). The average Bonchev–Trinajstić information content (AvgIpc) is 2.83. The second-order valence-corrected chi connectivity index (χ2v) is 5.68. The Labute approximate surface area is 134 Å². The van der Waals surface area contributed by atoms with Crippen molar-refractivity contribution in [3.05, 3.63) is 35.6 Å². The fraction of sp³-hybridized carbons (Fsp3) is 0.353. The summed E-state index contributed by atoms with van der Waals surface area (Å²) < 4.78 is 13.8. The van der Waals surface area contributed by atoms with E-state index in [2.05, 4.69) is 14.9 Å². The molecule has 0 amide bonds. The summed E-state index contributed by atoms with van der Waals surface area (Å²) in [6.45, 7) is 1.88. The van der Waals surface area contributed by atoms with E-state index in [1.165, 1.54) is 25.0 Å². The zero-order valence-corrected chi connectivity index (χ0v) is 12.8. The smallest absolute Gasteiger partial charge is 0.222 e. The van der Waals surface area contributed by atoms with Gasteiger partial charge in [0.05, 0.1) is 11.3 Å². The molecule has 118 valence electrons. The van der Waals surface area contributed by atoms with E-state index < -0.39 is 5.82 Å². The number of anilines is 2. The van der Waals surface area contributed by atoms with Crippen LogP contribution >= 0.6 is 0 Å². The number of nitrogens with two attached hydrogens (primary N) is 1. The lowest BCUT2D eigenvalue weighted by atomic mass is 10.1. The third kappa shape index (κ3) is 3.39. The number of nitriles is 1. The number of nitrogen functional groups attached to an aromatic ring is 1. The van der Waals surface area contributed by atoms with Crippen LogP contribution in [-0.2, 0) is 0 Å². The topological polar surface area (TPSA) is 78.8 Å². The molecule has 1 saturated heterocycles. The minimum atomic E-state index is -0.557. The van der Waals surface area contributed by atoms with Crippen LogP contribution in [0.5, 0.6) is 0 Å². The quantitative estimate of drug-likeness (QED) is 0.922. The van der Waals surface area contributed by atoms with E-state index in [4.69, 9.17) is 11.0 Å². The maximum atomic E-state index is 13.8. The highest BCUT2D eigenvalue weighted by Crippen LogP contribution is 2.25. The fourth-order valence-corrected chi connectivity index (χ4v) is 2.83. The highest BCUT2D eigenvalue weighted by molar-refractivity contribution is 5.65. The van der Waals surface area contributed by atoms with Crippen molar-refractivity contribution in [2.24, 2.45) is 0 Å². The molecule has 0 aliphatic carbocycles. The van der Waals surface area contributed by atoms with Gasteiger partial charge < -0.3 is 10.6 Å². The summed E-state index contributed by atoms with van der Waals surface area (Å²) in [5, 5.41) is 8.82. The van der Waals surface area contributed by atoms with E-state index in [-0.39, 0.29) is 11.5 Å². The molecule has 1 fully saturated rings. The molecule has 1 aromatic heterocycles. The maximum Gasteiger partial charge on any atom is 0.222 e. The van der Waals surface area contributed by atoms with Crippen LogP contribution in [0.3, 0.4) is 0 Å². The minimum Gasteiger partial charge on any atom is -0.368 e. The Hall–Kier alpha value is -2.68. The minimum absolute atomic E-state index is 0.0171. The highest BCUT2D eigenvalue weighted by Gasteiger charge is 2.14. The van der Waals surface area contributed by atoms with Crippen molar-refractivity contribution in [1.82, 2.24) is 9.97 Å². The molecule has 23 heavy (non-hydrogen) atoms. The van der Waals surface area contributed by atoms with Crippen LogP contribution in [0.15, 0.2) is 24.3 Å². The second kappa shape index (κ2) is 6.61. The third-order valence-electron chi connectivity index (χ3n) is 4.05. The molecule has 2 aromatic rings. The molecule has 5 nitrogen and oxygen atoms in total. The van der Waals surface area contributed by atoms with Crippen LogP contribution in [0.1, 0.15) is 31.2 Å². The Kier molecular flexibility index (Phi) is 4.38. The van der Waals surface area contributed by atoms with E-state index in [0.717, 1.165) is 31.7 Å². The first-order valence-electron chi connectivity index (χ1n) is 7.77. The summed E-state index contributed by atoms with van der Waals surface area (Å²) in [6.07, 6.45) is 4.71. The van der Waals surface area contributed by atoms with Crippen molar-refractivity contribution in [2.75, 3.05) is 23.7 Å². The molecule has 0 bridgehead atoms. The van der Waals surface area contributed by atoms with Gasteiger partial charge in [0.15, 0.2) is 0 Å². The maximum absolute atomic E-state index is 13.8. The normalized spacial score (nSPS) is 15.0. The zero-order valence-electron chi connectivity index (χ0n) is 12.8. The molecule has 1 aliphatic heterocycles. The van der Waals surface area contributed by atoms with Crippen LogP contribution in [0.4, 0.5) is 16.2 Å². The van der Waals surface area contributed by atoms with Gasteiger partial charge in [0, 0.05) is 24.7 Å². The summed E-state index contributed by atoms with van der Waals surface area (Å²) >= 11 is 0. The largest absolute Gasteiger partial charge is 0.368 e. The molecule has 1 aromatic carbocycles. The predicted octanol–water partition coefficient (Wildman–Crippen LogP) is 3.12.